The molecule has 0 unspecified atom stereocenters. The van der Waals surface area contributed by atoms with Gasteiger partial charge in [-0.25, -0.2) is 0 Å². The van der Waals surface area contributed by atoms with Crippen LogP contribution in [-0.4, -0.2) is 30.6 Å². The van der Waals surface area contributed by atoms with Crippen molar-refractivity contribution < 1.29 is 25.3 Å². The van der Waals surface area contributed by atoms with Crippen LogP contribution in [0.15, 0.2) is 47.1 Å². The van der Waals surface area contributed by atoms with Gasteiger partial charge in [-0.2, -0.15) is 0 Å². The minimum atomic E-state index is 0. The first-order chi connectivity index (χ1) is 11.8. The summed E-state index contributed by atoms with van der Waals surface area (Å²) in [5, 5.41) is 14.1. The van der Waals surface area contributed by atoms with Gasteiger partial charge in [-0.15, -0.1) is 0 Å². The second-order valence-corrected chi connectivity index (χ2v) is 5.31. The molecule has 1 aliphatic heterocycles. The fourth-order valence-electron chi connectivity index (χ4n) is 2.68. The molecule has 0 atom stereocenters. The monoisotopic (exact) mass is 327 g/mol. The van der Waals surface area contributed by atoms with Crippen LogP contribution in [0.3, 0.4) is 0 Å². The third-order valence-electron chi connectivity index (χ3n) is 3.87. The lowest BCUT2D eigenvalue weighted by Gasteiger charge is -2.18. The van der Waals surface area contributed by atoms with Crippen LogP contribution in [0.25, 0.3) is 22.5 Å². The maximum Gasteiger partial charge on any atom is 0.178 e. The predicted octanol–water partition coefficient (Wildman–Crippen LogP) is 3.74. The molecule has 0 bridgehead atoms. The van der Waals surface area contributed by atoms with E-state index in [-0.39, 0.29) is 7.18 Å². The molecule has 24 heavy (non-hydrogen) atoms. The lowest BCUT2D eigenvalue weighted by Crippen LogP contribution is -2.15. The average Bonchev–Trinajstić information content (AvgIpc) is 3.10. The molecule has 0 radical (unpaired) electrons. The Morgan fingerprint density at radius 1 is 1.04 bits per heavy atom. The molecule has 0 saturated carbocycles. The highest BCUT2D eigenvalue weighted by molar-refractivity contribution is 5.82. The number of benzene rings is 2. The van der Waals surface area contributed by atoms with E-state index in [1.165, 1.54) is 6.07 Å². The molecule has 0 aliphatic carbocycles. The van der Waals surface area contributed by atoms with Gasteiger partial charge in [0.2, 0.25) is 0 Å². The summed E-state index contributed by atoms with van der Waals surface area (Å²) in [5.41, 5.74) is 2.16. The molecule has 4 rings (SSSR count). The molecule has 124 valence electrons. The smallest absolute Gasteiger partial charge is 0.178 e. The standard InChI is InChI=1S/C18H15NO5.H2/c1-21-12-3-4-13(15(20)9-12)18-14(10-19-24-18)11-2-5-16-17(8-11)23-7-6-22-16;/h2-5,8-10,20H,6-7H2,1H3;1H. The highest BCUT2D eigenvalue weighted by Crippen LogP contribution is 2.41. The van der Waals surface area contributed by atoms with Crippen LogP contribution in [0.1, 0.15) is 1.43 Å². The summed E-state index contributed by atoms with van der Waals surface area (Å²) < 4.78 is 21.6. The number of rotatable bonds is 3. The van der Waals surface area contributed by atoms with Crippen molar-refractivity contribution in [2.75, 3.05) is 20.3 Å². The van der Waals surface area contributed by atoms with E-state index in [1.807, 2.05) is 18.2 Å². The molecule has 0 spiro atoms. The molecule has 3 aromatic rings. The molecule has 0 fully saturated rings. The van der Waals surface area contributed by atoms with E-state index in [2.05, 4.69) is 5.16 Å². The van der Waals surface area contributed by atoms with Gasteiger partial charge in [0.15, 0.2) is 17.3 Å². The van der Waals surface area contributed by atoms with Gasteiger partial charge in [0.05, 0.1) is 18.9 Å². The molecule has 0 saturated heterocycles. The van der Waals surface area contributed by atoms with Gasteiger partial charge in [0, 0.05) is 13.1 Å². The summed E-state index contributed by atoms with van der Waals surface area (Å²) in [6, 6.07) is 10.7. The summed E-state index contributed by atoms with van der Waals surface area (Å²) in [6.45, 7) is 1.07. The van der Waals surface area contributed by atoms with Crippen molar-refractivity contribution in [2.45, 2.75) is 0 Å². The molecule has 2 heterocycles. The Labute approximate surface area is 139 Å². The van der Waals surface area contributed by atoms with Gasteiger partial charge < -0.3 is 23.8 Å². The second-order valence-electron chi connectivity index (χ2n) is 5.31. The molecule has 6 heteroatoms. The van der Waals surface area contributed by atoms with Gasteiger partial charge in [-0.3, -0.25) is 0 Å². The van der Waals surface area contributed by atoms with Crippen LogP contribution in [0.2, 0.25) is 0 Å². The van der Waals surface area contributed by atoms with Gasteiger partial charge in [0.1, 0.15) is 24.7 Å². The number of hydrogen-bond donors (Lipinski definition) is 1. The van der Waals surface area contributed by atoms with Crippen LogP contribution < -0.4 is 14.2 Å². The highest BCUT2D eigenvalue weighted by Gasteiger charge is 2.19. The average molecular weight is 327 g/mol. The van der Waals surface area contributed by atoms with Crippen LogP contribution in [0.4, 0.5) is 0 Å². The zero-order chi connectivity index (χ0) is 16.5. The van der Waals surface area contributed by atoms with Crippen molar-refractivity contribution in [3.63, 3.8) is 0 Å². The normalized spacial score (nSPS) is 12.9. The minimum Gasteiger partial charge on any atom is -0.507 e. The molecule has 6 nitrogen and oxygen atoms in total. The lowest BCUT2D eigenvalue weighted by atomic mass is 10.0. The van der Waals surface area contributed by atoms with E-state index < -0.39 is 0 Å². The largest absolute Gasteiger partial charge is 0.507 e. The molecule has 0 amide bonds. The van der Waals surface area contributed by atoms with Crippen molar-refractivity contribution >= 4 is 0 Å². The third-order valence-corrected chi connectivity index (χ3v) is 3.87. The Balaban J connectivity index is 0.00000182. The summed E-state index contributed by atoms with van der Waals surface area (Å²) in [5.74, 6) is 2.51. The Morgan fingerprint density at radius 3 is 2.67 bits per heavy atom. The van der Waals surface area contributed by atoms with E-state index in [1.54, 1.807) is 25.4 Å². The number of phenols is 1. The predicted molar refractivity (Wildman–Crippen MR) is 88.7 cm³/mol. The first-order valence-electron chi connectivity index (χ1n) is 7.48. The number of aromatic nitrogens is 1. The Kier molecular flexibility index (Phi) is 3.49. The van der Waals surface area contributed by atoms with Gasteiger partial charge in [-0.1, -0.05) is 11.2 Å². The summed E-state index contributed by atoms with van der Waals surface area (Å²) in [4.78, 5) is 0. The maximum atomic E-state index is 10.2. The van der Waals surface area contributed by atoms with Crippen molar-refractivity contribution in [2.24, 2.45) is 0 Å². The highest BCUT2D eigenvalue weighted by atomic mass is 16.6. The van der Waals surface area contributed by atoms with Crippen molar-refractivity contribution in [3.8, 4) is 45.4 Å². The SMILES string of the molecule is COc1ccc(-c2oncc2-c2ccc3c(c2)OCCO3)c(O)c1.[HH]. The van der Waals surface area contributed by atoms with E-state index in [0.29, 0.717) is 36.0 Å². The van der Waals surface area contributed by atoms with Crippen LogP contribution in [-0.2, 0) is 0 Å². The van der Waals surface area contributed by atoms with Crippen LogP contribution >= 0.6 is 0 Å². The molecule has 1 aliphatic rings. The quantitative estimate of drug-likeness (QED) is 0.790. The number of fused-ring (bicyclic) bond motifs is 1. The number of nitrogens with zero attached hydrogens (tertiary/aromatic N) is 1. The molecular weight excluding hydrogens is 310 g/mol. The topological polar surface area (TPSA) is 74.0 Å². The number of methoxy groups -OCH3 is 1. The van der Waals surface area contributed by atoms with Crippen molar-refractivity contribution in [1.82, 2.24) is 5.16 Å². The van der Waals surface area contributed by atoms with Crippen molar-refractivity contribution in [1.29, 1.82) is 0 Å². The first-order valence-corrected chi connectivity index (χ1v) is 7.48. The second kappa shape index (κ2) is 5.81. The van der Waals surface area contributed by atoms with E-state index >= 15 is 0 Å². The van der Waals surface area contributed by atoms with Crippen LogP contribution in [0, 0.1) is 0 Å². The third kappa shape index (κ3) is 2.42. The molecule has 2 aromatic carbocycles. The summed E-state index contributed by atoms with van der Waals surface area (Å²) in [7, 11) is 1.55. The Morgan fingerprint density at radius 2 is 1.88 bits per heavy atom. The number of phenolic OH excluding ortho intramolecular Hbond substituents is 1. The van der Waals surface area contributed by atoms with Crippen LogP contribution in [0.5, 0.6) is 23.0 Å². The van der Waals surface area contributed by atoms with E-state index in [9.17, 15) is 5.11 Å². The number of ether oxygens (including phenoxy) is 3. The Hall–Kier alpha value is -3.15. The first kappa shape index (κ1) is 14.4. The van der Waals surface area contributed by atoms with Gasteiger partial charge in [0.25, 0.3) is 0 Å². The van der Waals surface area contributed by atoms with Crippen molar-refractivity contribution in [3.05, 3.63) is 42.6 Å². The molecular formula is C18H17NO5. The maximum absolute atomic E-state index is 10.2. The molecule has 1 N–H and O–H groups in total. The van der Waals surface area contributed by atoms with E-state index in [4.69, 9.17) is 18.7 Å². The summed E-state index contributed by atoms with van der Waals surface area (Å²) in [6.07, 6.45) is 1.62. The zero-order valence-corrected chi connectivity index (χ0v) is 13.0. The fraction of sp³-hybridized carbons (Fsp3) is 0.167. The zero-order valence-electron chi connectivity index (χ0n) is 13.0. The van der Waals surface area contributed by atoms with Gasteiger partial charge in [-0.05, 0) is 29.8 Å². The Bertz CT molecular complexity index is 893. The lowest BCUT2D eigenvalue weighted by molar-refractivity contribution is 0.171. The van der Waals surface area contributed by atoms with E-state index in [0.717, 1.165) is 16.9 Å². The number of hydrogen-bond acceptors (Lipinski definition) is 6. The summed E-state index contributed by atoms with van der Waals surface area (Å²) >= 11 is 0. The van der Waals surface area contributed by atoms with Gasteiger partial charge >= 0.3 is 0 Å². The number of aromatic hydroxyl groups is 1. The fourth-order valence-corrected chi connectivity index (χ4v) is 2.68. The molecule has 1 aromatic heterocycles. The minimum absolute atomic E-state index is 0.